The lowest BCUT2D eigenvalue weighted by atomic mass is 9.94. The first-order valence-corrected chi connectivity index (χ1v) is 5.60. The maximum absolute atomic E-state index is 11.5. The highest BCUT2D eigenvalue weighted by Gasteiger charge is 2.26. The van der Waals surface area contributed by atoms with Crippen molar-refractivity contribution in [2.45, 2.75) is 26.4 Å². The quantitative estimate of drug-likeness (QED) is 0.846. The van der Waals surface area contributed by atoms with Gasteiger partial charge < -0.3 is 10.1 Å². The van der Waals surface area contributed by atoms with E-state index in [4.69, 9.17) is 10.00 Å². The molecule has 0 aromatic heterocycles. The highest BCUT2D eigenvalue weighted by molar-refractivity contribution is 5.97. The van der Waals surface area contributed by atoms with Crippen LogP contribution in [0.4, 0.5) is 5.69 Å². The molecule has 1 aliphatic heterocycles. The Morgan fingerprint density at radius 3 is 2.94 bits per heavy atom. The van der Waals surface area contributed by atoms with Gasteiger partial charge in [-0.15, -0.1) is 0 Å². The van der Waals surface area contributed by atoms with Crippen LogP contribution in [-0.2, 0) is 11.2 Å². The van der Waals surface area contributed by atoms with Crippen molar-refractivity contribution in [2.75, 3.05) is 5.32 Å². The summed E-state index contributed by atoms with van der Waals surface area (Å²) in [4.78, 5) is 11.5. The normalized spacial score (nSPS) is 18.2. The second-order valence-corrected chi connectivity index (χ2v) is 4.36. The fraction of sp³-hybridized carbons (Fsp3) is 0.385. The van der Waals surface area contributed by atoms with E-state index in [1.54, 1.807) is 0 Å². The molecule has 0 spiro atoms. The molecule has 1 aromatic carbocycles. The third kappa shape index (κ3) is 2.39. The molecule has 1 unspecified atom stereocenters. The first-order chi connectivity index (χ1) is 8.10. The van der Waals surface area contributed by atoms with Crippen molar-refractivity contribution in [3.8, 4) is 11.8 Å². The van der Waals surface area contributed by atoms with E-state index in [0.717, 1.165) is 17.0 Å². The summed E-state index contributed by atoms with van der Waals surface area (Å²) in [6.45, 7) is 3.92. The van der Waals surface area contributed by atoms with Crippen LogP contribution < -0.4 is 10.1 Å². The Morgan fingerprint density at radius 2 is 2.29 bits per heavy atom. The molecule has 1 atom stereocenters. The second kappa shape index (κ2) is 4.46. The van der Waals surface area contributed by atoms with Crippen LogP contribution in [-0.4, -0.2) is 12.0 Å². The van der Waals surface area contributed by atoms with Crippen molar-refractivity contribution in [1.29, 1.82) is 5.26 Å². The van der Waals surface area contributed by atoms with Crippen molar-refractivity contribution in [2.24, 2.45) is 5.92 Å². The number of ether oxygens (including phenoxy) is 1. The average molecular weight is 230 g/mol. The van der Waals surface area contributed by atoms with Gasteiger partial charge in [0, 0.05) is 5.69 Å². The fourth-order valence-electron chi connectivity index (χ4n) is 1.84. The summed E-state index contributed by atoms with van der Waals surface area (Å²) in [7, 11) is 0. The van der Waals surface area contributed by atoms with Gasteiger partial charge in [0.1, 0.15) is 11.7 Å². The number of nitrogens with one attached hydrogen (secondary N) is 1. The number of amides is 1. The number of rotatable bonds is 2. The highest BCUT2D eigenvalue weighted by atomic mass is 16.5. The van der Waals surface area contributed by atoms with Gasteiger partial charge in [0.15, 0.2) is 0 Å². The van der Waals surface area contributed by atoms with E-state index in [2.05, 4.69) is 5.32 Å². The zero-order valence-corrected chi connectivity index (χ0v) is 9.86. The van der Waals surface area contributed by atoms with E-state index >= 15 is 0 Å². The third-order valence-electron chi connectivity index (χ3n) is 2.60. The number of hydrogen-bond donors (Lipinski definition) is 1. The molecule has 88 valence electrons. The summed E-state index contributed by atoms with van der Waals surface area (Å²) < 4.78 is 5.58. The molecule has 1 N–H and O–H groups in total. The average Bonchev–Trinajstić information content (AvgIpc) is 2.28. The summed E-state index contributed by atoms with van der Waals surface area (Å²) in [5.74, 6) is -0.0547. The molecule has 17 heavy (non-hydrogen) atoms. The predicted molar refractivity (Wildman–Crippen MR) is 63.6 cm³/mol. The van der Waals surface area contributed by atoms with Gasteiger partial charge in [0.05, 0.1) is 12.2 Å². The lowest BCUT2D eigenvalue weighted by Gasteiger charge is -2.21. The van der Waals surface area contributed by atoms with Gasteiger partial charge in [-0.2, -0.15) is 5.26 Å². The molecular formula is C13H14N2O2. The number of benzene rings is 1. The maximum Gasteiger partial charge on any atom is 0.242 e. The molecule has 0 saturated heterocycles. The number of fused-ring (bicyclic) bond motifs is 1. The van der Waals surface area contributed by atoms with Crippen molar-refractivity contribution in [3.63, 3.8) is 0 Å². The molecule has 0 saturated carbocycles. The van der Waals surface area contributed by atoms with E-state index < -0.39 is 5.92 Å². The van der Waals surface area contributed by atoms with Crippen LogP contribution >= 0.6 is 0 Å². The number of hydrogen-bond acceptors (Lipinski definition) is 3. The number of anilines is 1. The molecule has 0 radical (unpaired) electrons. The predicted octanol–water partition coefficient (Wildman–Crippen LogP) is 2.11. The minimum absolute atomic E-state index is 0.109. The van der Waals surface area contributed by atoms with Crippen LogP contribution in [0.3, 0.4) is 0 Å². The minimum atomic E-state index is -0.600. The molecule has 1 aliphatic rings. The van der Waals surface area contributed by atoms with Crippen LogP contribution in [0.25, 0.3) is 0 Å². The number of carbonyl (C=O) groups is 1. The van der Waals surface area contributed by atoms with Crippen LogP contribution in [0.2, 0.25) is 0 Å². The van der Waals surface area contributed by atoms with Gasteiger partial charge in [0.25, 0.3) is 0 Å². The Morgan fingerprint density at radius 1 is 1.53 bits per heavy atom. The topological polar surface area (TPSA) is 62.1 Å². The molecule has 4 nitrogen and oxygen atoms in total. The molecule has 0 bridgehead atoms. The molecule has 4 heteroatoms. The monoisotopic (exact) mass is 230 g/mol. The van der Waals surface area contributed by atoms with Crippen LogP contribution in [0.1, 0.15) is 19.4 Å². The Bertz CT molecular complexity index is 489. The maximum atomic E-state index is 11.5. The lowest BCUT2D eigenvalue weighted by molar-refractivity contribution is -0.118. The molecule has 1 aromatic rings. The highest BCUT2D eigenvalue weighted by Crippen LogP contribution is 2.29. The zero-order chi connectivity index (χ0) is 12.4. The Kier molecular flexibility index (Phi) is 3.01. The minimum Gasteiger partial charge on any atom is -0.491 e. The summed E-state index contributed by atoms with van der Waals surface area (Å²) >= 11 is 0. The van der Waals surface area contributed by atoms with Gasteiger partial charge in [0.2, 0.25) is 5.91 Å². The van der Waals surface area contributed by atoms with Crippen LogP contribution in [0, 0.1) is 17.2 Å². The molecule has 0 fully saturated rings. The summed E-state index contributed by atoms with van der Waals surface area (Å²) in [6, 6.07) is 7.53. The van der Waals surface area contributed by atoms with Gasteiger partial charge in [-0.05, 0) is 44.0 Å². The molecular weight excluding hydrogens is 216 g/mol. The van der Waals surface area contributed by atoms with Crippen molar-refractivity contribution in [3.05, 3.63) is 23.8 Å². The van der Waals surface area contributed by atoms with Crippen LogP contribution in [0.15, 0.2) is 18.2 Å². The van der Waals surface area contributed by atoms with E-state index in [1.165, 1.54) is 0 Å². The second-order valence-electron chi connectivity index (χ2n) is 4.36. The SMILES string of the molecule is CC(C)Oc1ccc2c(c1)CC(C#N)C(=O)N2. The third-order valence-corrected chi connectivity index (χ3v) is 2.60. The Labute approximate surface area is 100 Å². The van der Waals surface area contributed by atoms with Crippen molar-refractivity contribution < 1.29 is 9.53 Å². The van der Waals surface area contributed by atoms with Gasteiger partial charge in [-0.25, -0.2) is 0 Å². The first-order valence-electron chi connectivity index (χ1n) is 5.60. The number of carbonyl (C=O) groups excluding carboxylic acids is 1. The van der Waals surface area contributed by atoms with E-state index in [0.29, 0.717) is 6.42 Å². The largest absolute Gasteiger partial charge is 0.491 e. The number of nitrogens with zero attached hydrogens (tertiary/aromatic N) is 1. The van der Waals surface area contributed by atoms with Gasteiger partial charge in [-0.1, -0.05) is 0 Å². The number of nitriles is 1. The first kappa shape index (κ1) is 11.5. The lowest BCUT2D eigenvalue weighted by Crippen LogP contribution is -2.28. The van der Waals surface area contributed by atoms with E-state index in [1.807, 2.05) is 38.1 Å². The molecule has 2 rings (SSSR count). The van der Waals surface area contributed by atoms with Crippen molar-refractivity contribution >= 4 is 11.6 Å². The van der Waals surface area contributed by atoms with Crippen molar-refractivity contribution in [1.82, 2.24) is 0 Å². The molecule has 1 amide bonds. The summed E-state index contributed by atoms with van der Waals surface area (Å²) in [5.41, 5.74) is 1.73. The smallest absolute Gasteiger partial charge is 0.242 e. The van der Waals surface area contributed by atoms with E-state index in [-0.39, 0.29) is 12.0 Å². The van der Waals surface area contributed by atoms with E-state index in [9.17, 15) is 4.79 Å². The fourth-order valence-corrected chi connectivity index (χ4v) is 1.84. The van der Waals surface area contributed by atoms with Crippen LogP contribution in [0.5, 0.6) is 5.75 Å². The Balaban J connectivity index is 2.28. The zero-order valence-electron chi connectivity index (χ0n) is 9.86. The summed E-state index contributed by atoms with van der Waals surface area (Å²) in [5, 5.41) is 11.6. The summed E-state index contributed by atoms with van der Waals surface area (Å²) in [6.07, 6.45) is 0.561. The Hall–Kier alpha value is -2.02. The molecule has 1 heterocycles. The molecule has 0 aliphatic carbocycles. The van der Waals surface area contributed by atoms with Gasteiger partial charge in [-0.3, -0.25) is 4.79 Å². The van der Waals surface area contributed by atoms with Gasteiger partial charge >= 0.3 is 0 Å². The standard InChI is InChI=1S/C13H14N2O2/c1-8(2)17-11-3-4-12-9(6-11)5-10(7-14)13(16)15-12/h3-4,6,8,10H,5H2,1-2H3,(H,15,16).